The third kappa shape index (κ3) is 4.05. The number of imidazole rings is 1. The van der Waals surface area contributed by atoms with E-state index >= 15 is 0 Å². The number of aliphatic hydroxyl groups is 1. The van der Waals surface area contributed by atoms with Gasteiger partial charge in [0, 0.05) is 24.7 Å². The van der Waals surface area contributed by atoms with E-state index in [0.717, 1.165) is 15.1 Å². The topological polar surface area (TPSA) is 124 Å². The number of fused-ring (bicyclic) bond motifs is 2. The van der Waals surface area contributed by atoms with E-state index in [1.54, 1.807) is 10.8 Å². The van der Waals surface area contributed by atoms with Crippen molar-refractivity contribution in [2.24, 2.45) is 13.0 Å². The van der Waals surface area contributed by atoms with Crippen LogP contribution in [0.2, 0.25) is 0 Å². The van der Waals surface area contributed by atoms with Crippen molar-refractivity contribution >= 4 is 50.4 Å². The van der Waals surface area contributed by atoms with Gasteiger partial charge in [-0.2, -0.15) is 0 Å². The summed E-state index contributed by atoms with van der Waals surface area (Å²) in [5.41, 5.74) is 0.569. The van der Waals surface area contributed by atoms with Crippen LogP contribution in [0, 0.1) is 5.92 Å². The van der Waals surface area contributed by atoms with Crippen LogP contribution >= 0.6 is 23.1 Å². The lowest BCUT2D eigenvalue weighted by Crippen LogP contribution is -2.39. The highest BCUT2D eigenvalue weighted by atomic mass is 32.2. The summed E-state index contributed by atoms with van der Waals surface area (Å²) in [6.45, 7) is 4.56. The number of aliphatic hydroxyl groups excluding tert-OH is 1. The fourth-order valence-electron chi connectivity index (χ4n) is 4.36. The molecule has 1 atom stereocenters. The highest BCUT2D eigenvalue weighted by Gasteiger charge is 2.33. The molecule has 1 fully saturated rings. The molecule has 0 spiro atoms. The first-order chi connectivity index (χ1) is 17.2. The Labute approximate surface area is 213 Å². The van der Waals surface area contributed by atoms with Crippen molar-refractivity contribution in [2.75, 3.05) is 19.4 Å². The van der Waals surface area contributed by atoms with Crippen molar-refractivity contribution in [1.29, 1.82) is 0 Å². The van der Waals surface area contributed by atoms with Crippen molar-refractivity contribution in [3.63, 3.8) is 0 Å². The van der Waals surface area contributed by atoms with E-state index in [-0.39, 0.29) is 36.6 Å². The second-order valence-corrected chi connectivity index (χ2v) is 10.9. The highest BCUT2D eigenvalue weighted by Crippen LogP contribution is 2.33. The number of carbonyl (C=O) groups excluding carboxylic acids is 1. The molecule has 190 valence electrons. The van der Waals surface area contributed by atoms with E-state index < -0.39 is 23.3 Å². The van der Waals surface area contributed by atoms with Crippen LogP contribution in [0.4, 0.5) is 0 Å². The van der Waals surface area contributed by atoms with E-state index in [1.165, 1.54) is 30.1 Å². The van der Waals surface area contributed by atoms with Gasteiger partial charge in [-0.3, -0.25) is 28.1 Å². The second-order valence-electron chi connectivity index (χ2n) is 9.08. The molecule has 0 saturated carbocycles. The molecule has 1 aliphatic heterocycles. The summed E-state index contributed by atoms with van der Waals surface area (Å²) in [5, 5.41) is 11.9. The summed E-state index contributed by atoms with van der Waals surface area (Å²) in [6, 6.07) is 3.67. The van der Waals surface area contributed by atoms with Crippen LogP contribution in [0.15, 0.2) is 33.1 Å². The van der Waals surface area contributed by atoms with Crippen molar-refractivity contribution in [3.05, 3.63) is 49.6 Å². The molecule has 1 aliphatic rings. The summed E-state index contributed by atoms with van der Waals surface area (Å²) in [7, 11) is 1.42. The Morgan fingerprint density at radius 1 is 1.33 bits per heavy atom. The van der Waals surface area contributed by atoms with Gasteiger partial charge in [0.2, 0.25) is 0 Å². The normalized spacial score (nSPS) is 16.2. The lowest BCUT2D eigenvalue weighted by Gasteiger charge is -2.15. The summed E-state index contributed by atoms with van der Waals surface area (Å²) in [4.78, 5) is 55.8. The first-order valence-corrected chi connectivity index (χ1v) is 13.5. The predicted octanol–water partition coefficient (Wildman–Crippen LogP) is 1.68. The van der Waals surface area contributed by atoms with E-state index in [4.69, 9.17) is 4.84 Å². The van der Waals surface area contributed by atoms with Gasteiger partial charge in [-0.25, -0.2) is 19.8 Å². The average Bonchev–Trinajstić information content (AvgIpc) is 3.55. The van der Waals surface area contributed by atoms with E-state index in [0.29, 0.717) is 27.1 Å². The SMILES string of the molecule is CSc1nc2cccnc2n1Cc1sc2c(c1C(=O)N1C[C@H](O)CO1)c(=O)n(C)c(=O)n2CC(C)C. The van der Waals surface area contributed by atoms with Crippen molar-refractivity contribution in [1.82, 2.24) is 28.7 Å². The number of rotatable bonds is 6. The van der Waals surface area contributed by atoms with Gasteiger partial charge in [0.25, 0.3) is 11.5 Å². The molecule has 0 unspecified atom stereocenters. The van der Waals surface area contributed by atoms with E-state index in [1.807, 2.05) is 36.8 Å². The maximum absolute atomic E-state index is 13.7. The van der Waals surface area contributed by atoms with Crippen molar-refractivity contribution in [2.45, 2.75) is 38.2 Å². The zero-order chi connectivity index (χ0) is 25.7. The Balaban J connectivity index is 1.79. The molecular formula is C23H26N6O5S2. The molecule has 0 aromatic carbocycles. The monoisotopic (exact) mass is 530 g/mol. The van der Waals surface area contributed by atoms with Crippen LogP contribution in [-0.4, -0.2) is 65.3 Å². The predicted molar refractivity (Wildman–Crippen MR) is 138 cm³/mol. The minimum absolute atomic E-state index is 0.00676. The van der Waals surface area contributed by atoms with Gasteiger partial charge >= 0.3 is 5.69 Å². The number of hydrogen-bond acceptors (Lipinski definition) is 9. The van der Waals surface area contributed by atoms with E-state index in [9.17, 15) is 19.5 Å². The van der Waals surface area contributed by atoms with Gasteiger partial charge in [-0.05, 0) is 24.3 Å². The number of pyridine rings is 1. The Morgan fingerprint density at radius 2 is 2.11 bits per heavy atom. The number of nitrogens with zero attached hydrogens (tertiary/aromatic N) is 6. The molecular weight excluding hydrogens is 504 g/mol. The van der Waals surface area contributed by atoms with Crippen LogP contribution < -0.4 is 11.2 Å². The highest BCUT2D eigenvalue weighted by molar-refractivity contribution is 7.98. The number of hydroxylamine groups is 2. The molecule has 36 heavy (non-hydrogen) atoms. The van der Waals surface area contributed by atoms with Crippen LogP contribution in [0.25, 0.3) is 21.4 Å². The van der Waals surface area contributed by atoms with Gasteiger partial charge in [0.1, 0.15) is 23.1 Å². The molecule has 4 aromatic heterocycles. The van der Waals surface area contributed by atoms with Crippen LogP contribution in [-0.2, 0) is 25.0 Å². The first-order valence-electron chi connectivity index (χ1n) is 11.4. The maximum atomic E-state index is 13.7. The Hall–Kier alpha value is -3.00. The number of thiophene rings is 1. The third-order valence-corrected chi connectivity index (χ3v) is 7.86. The Bertz CT molecular complexity index is 1600. The lowest BCUT2D eigenvalue weighted by molar-refractivity contribution is -0.0778. The lowest BCUT2D eigenvalue weighted by atomic mass is 10.1. The van der Waals surface area contributed by atoms with Crippen LogP contribution in [0.1, 0.15) is 29.1 Å². The minimum atomic E-state index is -0.811. The van der Waals surface area contributed by atoms with Gasteiger partial charge in [0.05, 0.1) is 24.0 Å². The molecule has 1 N–H and O–H groups in total. The zero-order valence-corrected chi connectivity index (χ0v) is 21.9. The molecule has 13 heteroatoms. The minimum Gasteiger partial charge on any atom is -0.389 e. The summed E-state index contributed by atoms with van der Waals surface area (Å²) >= 11 is 2.69. The quantitative estimate of drug-likeness (QED) is 0.374. The van der Waals surface area contributed by atoms with Gasteiger partial charge in [-0.15, -0.1) is 11.3 Å². The molecule has 11 nitrogen and oxygen atoms in total. The molecule has 1 saturated heterocycles. The van der Waals surface area contributed by atoms with Crippen molar-refractivity contribution < 1.29 is 14.7 Å². The van der Waals surface area contributed by atoms with Crippen LogP contribution in [0.3, 0.4) is 0 Å². The second kappa shape index (κ2) is 9.47. The van der Waals surface area contributed by atoms with Gasteiger partial charge in [0.15, 0.2) is 10.8 Å². The molecule has 5 heterocycles. The standard InChI is InChI=1S/C23H26N6O5S2/c1-12(2)8-28-21-17(19(31)26(3)23(28)33)16(20(32)29-9-13(30)11-34-29)15(36-21)10-27-18-14(6-5-7-24-18)25-22(27)35-4/h5-7,12-13,30H,8-11H2,1-4H3/t13-/m0/s1. The summed E-state index contributed by atoms with van der Waals surface area (Å²) in [5.74, 6) is -0.391. The molecule has 5 rings (SSSR count). The number of aromatic nitrogens is 5. The number of β-amino-alcohol motifs (C(OH)–C–C–N with tert-alkyl or cyclic N) is 1. The molecule has 0 bridgehead atoms. The zero-order valence-electron chi connectivity index (χ0n) is 20.3. The average molecular weight is 531 g/mol. The summed E-state index contributed by atoms with van der Waals surface area (Å²) < 4.78 is 4.50. The Kier molecular flexibility index (Phi) is 6.49. The number of hydrogen-bond donors (Lipinski definition) is 1. The van der Waals surface area contributed by atoms with Gasteiger partial charge < -0.3 is 5.11 Å². The first kappa shape index (κ1) is 24.7. The Morgan fingerprint density at radius 3 is 2.78 bits per heavy atom. The molecule has 0 aliphatic carbocycles. The smallest absolute Gasteiger partial charge is 0.331 e. The number of thioether (sulfide) groups is 1. The number of amides is 1. The molecule has 1 amide bonds. The van der Waals surface area contributed by atoms with E-state index in [2.05, 4.69) is 9.97 Å². The fraction of sp³-hybridized carbons (Fsp3) is 0.435. The largest absolute Gasteiger partial charge is 0.389 e. The fourth-order valence-corrected chi connectivity index (χ4v) is 6.19. The molecule has 4 aromatic rings. The van der Waals surface area contributed by atoms with Crippen molar-refractivity contribution in [3.8, 4) is 0 Å². The van der Waals surface area contributed by atoms with Crippen LogP contribution in [0.5, 0.6) is 0 Å². The summed E-state index contributed by atoms with van der Waals surface area (Å²) in [6.07, 6.45) is 2.77. The third-order valence-electron chi connectivity index (χ3n) is 5.98. The maximum Gasteiger partial charge on any atom is 0.331 e. The van der Waals surface area contributed by atoms with Gasteiger partial charge in [-0.1, -0.05) is 25.6 Å². The number of carbonyl (C=O) groups is 1. The molecule has 0 radical (unpaired) electrons.